The molecule has 2 radical (unpaired) electrons. The number of fused-ring (bicyclic) bond motifs is 1. The highest BCUT2D eigenvalue weighted by atomic mass is 35.5. The third-order valence-electron chi connectivity index (χ3n) is 3.71. The summed E-state index contributed by atoms with van der Waals surface area (Å²) in [7, 11) is 0. The van der Waals surface area contributed by atoms with Gasteiger partial charge in [0.05, 0.1) is 18.6 Å². The average Bonchev–Trinajstić information content (AvgIpc) is 3.20. The van der Waals surface area contributed by atoms with Crippen molar-refractivity contribution in [2.75, 3.05) is 31.2 Å². The highest BCUT2D eigenvalue weighted by molar-refractivity contribution is 7.18. The lowest BCUT2D eigenvalue weighted by molar-refractivity contribution is 0.122. The second-order valence-electron chi connectivity index (χ2n) is 5.45. The van der Waals surface area contributed by atoms with Crippen LogP contribution >= 0.6 is 22.9 Å². The number of aromatic nitrogens is 5. The molecule has 1 fully saturated rings. The van der Waals surface area contributed by atoms with E-state index in [1.54, 1.807) is 4.68 Å². The maximum Gasteiger partial charge on any atom is 0.253 e. The molecule has 24 heavy (non-hydrogen) atoms. The summed E-state index contributed by atoms with van der Waals surface area (Å²) in [5.74, 6) is 1.36. The molecule has 0 spiro atoms. The van der Waals surface area contributed by atoms with Crippen molar-refractivity contribution in [1.82, 2.24) is 24.7 Å². The second-order valence-corrected chi connectivity index (χ2v) is 7.71. The summed E-state index contributed by atoms with van der Waals surface area (Å²) in [6.45, 7) is 4.84. The van der Waals surface area contributed by atoms with Crippen LogP contribution in [0.5, 0.6) is 0 Å². The highest BCUT2D eigenvalue weighted by Crippen LogP contribution is 2.33. The zero-order valence-electron chi connectivity index (χ0n) is 13.0. The summed E-state index contributed by atoms with van der Waals surface area (Å²) in [5, 5.41) is 5.07. The number of hydrogen-bond donors (Lipinski definition) is 0. The van der Waals surface area contributed by atoms with Gasteiger partial charge in [0.2, 0.25) is 16.3 Å². The molecule has 0 amide bonds. The first kappa shape index (κ1) is 16.2. The van der Waals surface area contributed by atoms with E-state index in [0.717, 1.165) is 38.8 Å². The van der Waals surface area contributed by atoms with Gasteiger partial charge in [0.1, 0.15) is 10.5 Å². The van der Waals surface area contributed by atoms with Crippen molar-refractivity contribution < 1.29 is 4.74 Å². The number of rotatable bonds is 3. The van der Waals surface area contributed by atoms with Crippen molar-refractivity contribution in [2.45, 2.75) is 12.3 Å². The minimum absolute atomic E-state index is 0.159. The number of halogens is 1. The summed E-state index contributed by atoms with van der Waals surface area (Å²) in [6, 6.07) is 1.89. The number of anilines is 1. The number of morpholine rings is 1. The van der Waals surface area contributed by atoms with E-state index in [9.17, 15) is 0 Å². The molecule has 0 N–H and O–H groups in total. The lowest BCUT2D eigenvalue weighted by atomic mass is 10.4. The van der Waals surface area contributed by atoms with Gasteiger partial charge in [-0.3, -0.25) is 0 Å². The molecule has 0 aliphatic carbocycles. The van der Waals surface area contributed by atoms with E-state index in [-0.39, 0.29) is 5.38 Å². The molecule has 10 heteroatoms. The molecule has 0 saturated carbocycles. The largest absolute Gasteiger partial charge is 0.378 e. The number of alkyl halides is 1. The molecular weight excluding hydrogens is 363 g/mol. The fourth-order valence-corrected chi connectivity index (χ4v) is 3.78. The second kappa shape index (κ2) is 6.58. The average molecular weight is 377 g/mol. The Balaban J connectivity index is 1.88. The van der Waals surface area contributed by atoms with E-state index >= 15 is 0 Å². The third kappa shape index (κ3) is 3.03. The van der Waals surface area contributed by atoms with Crippen LogP contribution in [0.1, 0.15) is 17.3 Å². The number of ether oxygens (including phenoxy) is 1. The molecule has 7 nitrogen and oxygen atoms in total. The molecule has 0 aromatic carbocycles. The topological polar surface area (TPSA) is 69.0 Å². The molecule has 3 aromatic rings. The van der Waals surface area contributed by atoms with Crippen LogP contribution in [-0.4, -0.2) is 67.3 Å². The molecule has 122 valence electrons. The lowest BCUT2D eigenvalue weighted by Crippen LogP contribution is -2.37. The van der Waals surface area contributed by atoms with Crippen LogP contribution in [-0.2, 0) is 4.74 Å². The Bertz CT molecular complexity index is 875. The molecule has 1 saturated heterocycles. The van der Waals surface area contributed by atoms with E-state index in [0.29, 0.717) is 19.2 Å². The van der Waals surface area contributed by atoms with Gasteiger partial charge in [0, 0.05) is 19.3 Å². The normalized spacial score (nSPS) is 16.7. The minimum atomic E-state index is -0.159. The Kier molecular flexibility index (Phi) is 4.45. The molecule has 3 aromatic heterocycles. The van der Waals surface area contributed by atoms with Gasteiger partial charge in [-0.2, -0.15) is 15.1 Å². The molecule has 1 aliphatic heterocycles. The zero-order valence-corrected chi connectivity index (χ0v) is 15.7. The van der Waals surface area contributed by atoms with E-state index in [2.05, 4.69) is 36.3 Å². The Morgan fingerprint density at radius 2 is 2.08 bits per heavy atom. The van der Waals surface area contributed by atoms with Crippen LogP contribution in [0, 0.1) is 0 Å². The number of nitrogens with zero attached hydrogens (tertiary/aromatic N) is 6. The summed E-state index contributed by atoms with van der Waals surface area (Å²) in [4.78, 5) is 17.1. The molecule has 1 atom stereocenters. The fourth-order valence-electron chi connectivity index (χ4n) is 2.53. The molecule has 1 unspecified atom stereocenters. The van der Waals surface area contributed by atoms with E-state index < -0.39 is 0 Å². The van der Waals surface area contributed by atoms with Crippen molar-refractivity contribution in [1.29, 1.82) is 0 Å². The summed E-state index contributed by atoms with van der Waals surface area (Å²) < 4.78 is 7.97. The standard InChI is InChI=1S/C14H14ClN6OS.Al/c1-9(15)12-17-10-11(20-5-7-22-8-6-20)18-14(19-13(10)23-12)21-4-2-3-16-21;/h2,4,9H,5-8H2,1H3;. The van der Waals surface area contributed by atoms with Gasteiger partial charge < -0.3 is 9.64 Å². The summed E-state index contributed by atoms with van der Waals surface area (Å²) >= 11 is 10.3. The predicted octanol–water partition coefficient (Wildman–Crippen LogP) is 1.20. The van der Waals surface area contributed by atoms with Gasteiger partial charge in [0.25, 0.3) is 5.95 Å². The Morgan fingerprint density at radius 1 is 1.29 bits per heavy atom. The van der Waals surface area contributed by atoms with Crippen molar-refractivity contribution >= 4 is 59.9 Å². The Hall–Kier alpha value is -1.24. The molecule has 4 rings (SSSR count). The molecule has 1 aliphatic rings. The summed E-state index contributed by atoms with van der Waals surface area (Å²) in [5.41, 5.74) is 0.798. The smallest absolute Gasteiger partial charge is 0.253 e. The van der Waals surface area contributed by atoms with Gasteiger partial charge in [-0.25, -0.2) is 9.67 Å². The highest BCUT2D eigenvalue weighted by Gasteiger charge is 2.22. The van der Waals surface area contributed by atoms with Crippen LogP contribution in [0.4, 0.5) is 5.82 Å². The Morgan fingerprint density at radius 3 is 2.75 bits per heavy atom. The van der Waals surface area contributed by atoms with Gasteiger partial charge >= 0.3 is 0 Å². The van der Waals surface area contributed by atoms with Crippen molar-refractivity contribution in [3.63, 3.8) is 0 Å². The first-order valence-corrected chi connectivity index (χ1v) is 9.41. The van der Waals surface area contributed by atoms with Crippen molar-refractivity contribution in [3.05, 3.63) is 17.3 Å². The predicted molar refractivity (Wildman–Crippen MR) is 95.0 cm³/mol. The van der Waals surface area contributed by atoms with Crippen LogP contribution in [0.3, 0.4) is 0 Å². The molecule has 4 heterocycles. The van der Waals surface area contributed by atoms with Gasteiger partial charge in [-0.1, -0.05) is 11.3 Å². The molecule has 0 bridgehead atoms. The van der Waals surface area contributed by atoms with Crippen LogP contribution in [0.15, 0.2) is 12.3 Å². The first-order valence-electron chi connectivity index (χ1n) is 7.58. The molecular formula is C14H14AlClN6OS. The fraction of sp³-hybridized carbons (Fsp3) is 0.429. The Labute approximate surface area is 156 Å². The zero-order chi connectivity index (χ0) is 16.7. The lowest BCUT2D eigenvalue weighted by Gasteiger charge is -2.28. The quantitative estimate of drug-likeness (QED) is 0.505. The van der Waals surface area contributed by atoms with Crippen molar-refractivity contribution in [3.8, 4) is 5.95 Å². The number of thiazole rings is 1. The maximum absolute atomic E-state index is 6.22. The van der Waals surface area contributed by atoms with Gasteiger partial charge in [-0.15, -0.1) is 11.6 Å². The van der Waals surface area contributed by atoms with Crippen molar-refractivity contribution in [2.24, 2.45) is 0 Å². The van der Waals surface area contributed by atoms with Crippen LogP contribution in [0.25, 0.3) is 16.3 Å². The van der Waals surface area contributed by atoms with Crippen LogP contribution in [0.2, 0.25) is 0 Å². The van der Waals surface area contributed by atoms with E-state index in [1.807, 2.05) is 19.2 Å². The SMILES string of the molecule is CC(Cl)c1nc2c(N3CCOCC3)nc(-n3cc[c]([Al])n3)nc2s1. The van der Waals surface area contributed by atoms with E-state index in [4.69, 9.17) is 21.3 Å². The van der Waals surface area contributed by atoms with Crippen LogP contribution < -0.4 is 9.46 Å². The third-order valence-corrected chi connectivity index (χ3v) is 5.49. The first-order chi connectivity index (χ1) is 11.6. The minimum Gasteiger partial charge on any atom is -0.378 e. The number of hydrogen-bond acceptors (Lipinski definition) is 7. The monoisotopic (exact) mass is 376 g/mol. The summed E-state index contributed by atoms with van der Waals surface area (Å²) in [6.07, 6.45) is 1.85. The van der Waals surface area contributed by atoms with Gasteiger partial charge in [0.15, 0.2) is 10.6 Å². The van der Waals surface area contributed by atoms with Gasteiger partial charge in [-0.05, 0) is 17.5 Å². The van der Waals surface area contributed by atoms with E-state index in [1.165, 1.54) is 11.3 Å². The maximum atomic E-state index is 6.22.